The third-order valence-corrected chi connectivity index (χ3v) is 4.96. The minimum absolute atomic E-state index is 0.519. The highest BCUT2D eigenvalue weighted by atomic mass is 32.1. The predicted molar refractivity (Wildman–Crippen MR) is 112 cm³/mol. The highest BCUT2D eigenvalue weighted by Crippen LogP contribution is 2.22. The van der Waals surface area contributed by atoms with Gasteiger partial charge in [0.2, 0.25) is 0 Å². The van der Waals surface area contributed by atoms with Crippen LogP contribution in [-0.2, 0) is 16.1 Å². The zero-order valence-corrected chi connectivity index (χ0v) is 17.0. The molecule has 0 fully saturated rings. The van der Waals surface area contributed by atoms with Gasteiger partial charge in [0, 0.05) is 26.4 Å². The molecule has 3 rings (SSSR count). The number of ether oxygens (including phenoxy) is 1. The maximum Gasteiger partial charge on any atom is 0.337 e. The fraction of sp³-hybridized carbons (Fsp3) is 0.211. The van der Waals surface area contributed by atoms with E-state index in [1.54, 1.807) is 16.7 Å². The van der Waals surface area contributed by atoms with Crippen molar-refractivity contribution in [3.63, 3.8) is 0 Å². The summed E-state index contributed by atoms with van der Waals surface area (Å²) in [6, 6.07) is 15.3. The van der Waals surface area contributed by atoms with Crippen molar-refractivity contribution in [3.8, 4) is 5.69 Å². The molecule has 0 saturated heterocycles. The van der Waals surface area contributed by atoms with Gasteiger partial charge in [-0.3, -0.25) is 14.8 Å². The number of nitrogens with zero attached hydrogens (tertiary/aromatic N) is 2. The molecule has 3 aromatic rings. The minimum Gasteiger partial charge on any atom is -0.479 e. The van der Waals surface area contributed by atoms with Crippen LogP contribution in [0.3, 0.4) is 0 Å². The van der Waals surface area contributed by atoms with Crippen LogP contribution in [0, 0.1) is 9.54 Å². The molecule has 1 aromatic heterocycles. The van der Waals surface area contributed by atoms with E-state index in [1.165, 1.54) is 7.11 Å². The van der Waals surface area contributed by atoms with Gasteiger partial charge in [0.25, 0.3) is 0 Å². The molecular weight excluding hydrogens is 396 g/mol. The quantitative estimate of drug-likeness (QED) is 0.505. The number of aliphatic carboxylic acids is 1. The molecule has 1 unspecified atom stereocenters. The summed E-state index contributed by atoms with van der Waals surface area (Å²) in [6.07, 6.45) is -0.960. The van der Waals surface area contributed by atoms with Crippen molar-refractivity contribution in [1.29, 1.82) is 0 Å². The van der Waals surface area contributed by atoms with Crippen LogP contribution in [0.25, 0.3) is 5.69 Å². The van der Waals surface area contributed by atoms with Crippen molar-refractivity contribution in [1.82, 2.24) is 14.8 Å². The maximum absolute atomic E-state index is 11.2. The van der Waals surface area contributed by atoms with Crippen LogP contribution < -0.4 is 4.90 Å². The Kier molecular flexibility index (Phi) is 6.08. The molecule has 7 nitrogen and oxygen atoms in total. The molecule has 9 heteroatoms. The number of anilines is 1. The van der Waals surface area contributed by atoms with Crippen molar-refractivity contribution < 1.29 is 14.6 Å². The van der Waals surface area contributed by atoms with E-state index in [-0.39, 0.29) is 0 Å². The SMILES string of the molecule is COC(C(=O)O)c1ccc(N(C)Cc2ccc(-n3c(=S)[nH][nH]c3=S)cc2)cc1. The van der Waals surface area contributed by atoms with Crippen LogP contribution in [0.5, 0.6) is 0 Å². The smallest absolute Gasteiger partial charge is 0.337 e. The highest BCUT2D eigenvalue weighted by molar-refractivity contribution is 7.72. The normalized spacial score (nSPS) is 11.9. The van der Waals surface area contributed by atoms with E-state index >= 15 is 0 Å². The van der Waals surface area contributed by atoms with Crippen LogP contribution in [0.2, 0.25) is 0 Å². The fourth-order valence-corrected chi connectivity index (χ4v) is 3.50. The molecule has 0 spiro atoms. The largest absolute Gasteiger partial charge is 0.479 e. The number of hydrogen-bond acceptors (Lipinski definition) is 5. The molecule has 2 aromatic carbocycles. The molecule has 0 aliphatic carbocycles. The Morgan fingerprint density at radius 3 is 2.18 bits per heavy atom. The van der Waals surface area contributed by atoms with Crippen LogP contribution in [-0.4, -0.2) is 40.0 Å². The van der Waals surface area contributed by atoms with Crippen molar-refractivity contribution in [2.24, 2.45) is 0 Å². The number of carbonyl (C=O) groups is 1. The van der Waals surface area contributed by atoms with Crippen molar-refractivity contribution >= 4 is 36.1 Å². The van der Waals surface area contributed by atoms with Crippen LogP contribution in [0.15, 0.2) is 48.5 Å². The molecule has 3 N–H and O–H groups in total. The van der Waals surface area contributed by atoms with E-state index in [9.17, 15) is 9.90 Å². The molecule has 1 heterocycles. The lowest BCUT2D eigenvalue weighted by Crippen LogP contribution is -2.17. The highest BCUT2D eigenvalue weighted by Gasteiger charge is 2.18. The van der Waals surface area contributed by atoms with Gasteiger partial charge in [-0.05, 0) is 59.8 Å². The Labute approximate surface area is 172 Å². The van der Waals surface area contributed by atoms with Gasteiger partial charge in [0.05, 0.1) is 5.69 Å². The molecule has 0 aliphatic rings. The molecular formula is C19H20N4O3S2. The van der Waals surface area contributed by atoms with Gasteiger partial charge in [-0.15, -0.1) is 0 Å². The fourth-order valence-electron chi connectivity index (χ4n) is 2.94. The predicted octanol–water partition coefficient (Wildman–Crippen LogP) is 4.00. The molecule has 0 bridgehead atoms. The lowest BCUT2D eigenvalue weighted by atomic mass is 10.1. The average Bonchev–Trinajstić information content (AvgIpc) is 3.01. The number of methoxy groups -OCH3 is 1. The number of aromatic nitrogens is 3. The topological polar surface area (TPSA) is 86.3 Å². The van der Waals surface area contributed by atoms with Gasteiger partial charge in [-0.1, -0.05) is 24.3 Å². The number of benzene rings is 2. The first-order chi connectivity index (χ1) is 13.4. The zero-order valence-electron chi connectivity index (χ0n) is 15.4. The lowest BCUT2D eigenvalue weighted by Gasteiger charge is -2.20. The summed E-state index contributed by atoms with van der Waals surface area (Å²) in [7, 11) is 3.36. The van der Waals surface area contributed by atoms with E-state index in [0.717, 1.165) is 16.9 Å². The summed E-state index contributed by atoms with van der Waals surface area (Å²) in [5, 5.41) is 14.8. The first-order valence-electron chi connectivity index (χ1n) is 8.46. The first kappa shape index (κ1) is 20.0. The van der Waals surface area contributed by atoms with Crippen molar-refractivity contribution in [3.05, 3.63) is 69.2 Å². The second-order valence-corrected chi connectivity index (χ2v) is 7.04. The number of H-pyrrole nitrogens is 2. The van der Waals surface area contributed by atoms with Gasteiger partial charge < -0.3 is 14.7 Å². The molecule has 1 atom stereocenters. The molecule has 0 radical (unpaired) electrons. The summed E-state index contributed by atoms with van der Waals surface area (Å²) >= 11 is 10.5. The van der Waals surface area contributed by atoms with Gasteiger partial charge in [0.15, 0.2) is 15.6 Å². The van der Waals surface area contributed by atoms with Crippen LogP contribution in [0.1, 0.15) is 17.2 Å². The Morgan fingerprint density at radius 1 is 1.11 bits per heavy atom. The molecule has 146 valence electrons. The molecule has 0 aliphatic heterocycles. The summed E-state index contributed by atoms with van der Waals surface area (Å²) in [6.45, 7) is 0.692. The molecule has 28 heavy (non-hydrogen) atoms. The summed E-state index contributed by atoms with van der Waals surface area (Å²) in [5.41, 5.74) is 3.59. The average molecular weight is 417 g/mol. The number of rotatable bonds is 7. The number of hydrogen-bond donors (Lipinski definition) is 3. The number of carboxylic acids is 1. The van der Waals surface area contributed by atoms with Crippen LogP contribution in [0.4, 0.5) is 5.69 Å². The van der Waals surface area contributed by atoms with E-state index < -0.39 is 12.1 Å². The first-order valence-corrected chi connectivity index (χ1v) is 9.28. The Morgan fingerprint density at radius 2 is 1.68 bits per heavy atom. The molecule has 0 saturated carbocycles. The number of nitrogens with one attached hydrogen (secondary N) is 2. The van der Waals surface area contributed by atoms with Gasteiger partial charge in [-0.2, -0.15) is 0 Å². The van der Waals surface area contributed by atoms with Crippen molar-refractivity contribution in [2.45, 2.75) is 12.6 Å². The summed E-state index contributed by atoms with van der Waals surface area (Å²) in [5.74, 6) is -1.01. The van der Waals surface area contributed by atoms with Gasteiger partial charge in [0.1, 0.15) is 0 Å². The van der Waals surface area contributed by atoms with Gasteiger partial charge in [-0.25, -0.2) is 4.79 Å². The number of aromatic amines is 2. The maximum atomic E-state index is 11.2. The Hall–Kier alpha value is -2.75. The second kappa shape index (κ2) is 8.51. The minimum atomic E-state index is -1.01. The Balaban J connectivity index is 1.72. The van der Waals surface area contributed by atoms with E-state index in [2.05, 4.69) is 15.1 Å². The van der Waals surface area contributed by atoms with E-state index in [4.69, 9.17) is 29.2 Å². The third kappa shape index (κ3) is 4.22. The summed E-state index contributed by atoms with van der Waals surface area (Å²) in [4.78, 5) is 13.3. The molecule has 0 amide bonds. The summed E-state index contributed by atoms with van der Waals surface area (Å²) < 4.78 is 7.81. The number of carboxylic acid groups (broad SMARTS) is 1. The third-order valence-electron chi connectivity index (χ3n) is 4.39. The zero-order chi connectivity index (χ0) is 20.3. The van der Waals surface area contributed by atoms with E-state index in [1.807, 2.05) is 43.4 Å². The van der Waals surface area contributed by atoms with Crippen LogP contribution >= 0.6 is 24.4 Å². The Bertz CT molecular complexity index is 1040. The van der Waals surface area contributed by atoms with Gasteiger partial charge >= 0.3 is 5.97 Å². The monoisotopic (exact) mass is 416 g/mol. The van der Waals surface area contributed by atoms with E-state index in [0.29, 0.717) is 21.7 Å². The lowest BCUT2D eigenvalue weighted by molar-refractivity contribution is -0.148. The van der Waals surface area contributed by atoms with Crippen molar-refractivity contribution in [2.75, 3.05) is 19.1 Å². The standard InChI is InChI=1S/C19H20N4O3S2/c1-22(14-9-5-13(6-10-14)16(26-2)17(24)25)11-12-3-7-15(8-4-12)23-18(27)20-21-19(23)28/h3-10,16H,11H2,1-2H3,(H,20,27)(H,21,28)(H,24,25). The second-order valence-electron chi connectivity index (χ2n) is 6.26.